The van der Waals surface area contributed by atoms with Crippen molar-refractivity contribution in [1.82, 2.24) is 10.6 Å². The van der Waals surface area contributed by atoms with E-state index in [-0.39, 0.29) is 12.3 Å². The van der Waals surface area contributed by atoms with E-state index in [1.54, 1.807) is 45.0 Å². The minimum absolute atomic E-state index is 0.0843. The Balaban J connectivity index is 1.52. The Hall–Kier alpha value is -3.72. The second-order valence-corrected chi connectivity index (χ2v) is 12.4. The van der Waals surface area contributed by atoms with Gasteiger partial charge in [0, 0.05) is 5.92 Å². The Morgan fingerprint density at radius 3 is 2.07 bits per heavy atom. The molecule has 5 N–H and O–H groups in total. The average molecular weight is 589 g/mol. The predicted molar refractivity (Wildman–Crippen MR) is 165 cm³/mol. The summed E-state index contributed by atoms with van der Waals surface area (Å²) in [5.74, 6) is -0.940. The molecule has 1 aliphatic carbocycles. The molecule has 0 heterocycles. The summed E-state index contributed by atoms with van der Waals surface area (Å²) in [5.41, 5.74) is 2.62. The Morgan fingerprint density at radius 2 is 1.44 bits per heavy atom. The number of fused-ring (bicyclic) bond motifs is 1. The molecule has 8 nitrogen and oxygen atoms in total. The van der Waals surface area contributed by atoms with Crippen molar-refractivity contribution in [2.45, 2.75) is 88.9 Å². The van der Waals surface area contributed by atoms with Crippen molar-refractivity contribution in [2.75, 3.05) is 0 Å². The standard InChI is InChI=1S/C35H44N2O6/c1-35(2,3)43-34(42)36-28(21-24-15-8-5-9-16-24)29(38)22-25(18-12-17-23-13-6-4-7-14-23)33(41)37-30-26-19-10-11-20-27(26)31(39)32(30)40/h4-11,13-16,19-20,25,28-32,38-40H,12,17-18,21-22H2,1-3H3,(H,36,42)(H,37,41)/t25-,28+,29+,30+,31-,32+/m1/s1. The molecule has 3 aromatic rings. The summed E-state index contributed by atoms with van der Waals surface area (Å²) < 4.78 is 5.47. The second-order valence-electron chi connectivity index (χ2n) is 12.4. The van der Waals surface area contributed by atoms with Crippen LogP contribution in [0.15, 0.2) is 84.9 Å². The van der Waals surface area contributed by atoms with Gasteiger partial charge < -0.3 is 30.7 Å². The summed E-state index contributed by atoms with van der Waals surface area (Å²) in [7, 11) is 0. The second kappa shape index (κ2) is 14.6. The molecule has 0 aromatic heterocycles. The molecular formula is C35H44N2O6. The minimum Gasteiger partial charge on any atom is -0.444 e. The molecule has 0 radical (unpaired) electrons. The average Bonchev–Trinajstić information content (AvgIpc) is 3.21. The first-order valence-electron chi connectivity index (χ1n) is 15.0. The maximum Gasteiger partial charge on any atom is 0.407 e. The van der Waals surface area contributed by atoms with Gasteiger partial charge in [-0.15, -0.1) is 0 Å². The van der Waals surface area contributed by atoms with Crippen LogP contribution in [0.3, 0.4) is 0 Å². The van der Waals surface area contributed by atoms with Crippen molar-refractivity contribution in [3.8, 4) is 0 Å². The van der Waals surface area contributed by atoms with Crippen LogP contribution in [0.4, 0.5) is 4.79 Å². The lowest BCUT2D eigenvalue weighted by atomic mass is 9.88. The van der Waals surface area contributed by atoms with Crippen LogP contribution >= 0.6 is 0 Å². The number of amides is 2. The zero-order chi connectivity index (χ0) is 31.0. The van der Waals surface area contributed by atoms with Gasteiger partial charge in [-0.1, -0.05) is 84.9 Å². The first-order chi connectivity index (χ1) is 20.5. The third kappa shape index (κ3) is 9.13. The number of ether oxygens (including phenoxy) is 1. The molecule has 0 unspecified atom stereocenters. The minimum atomic E-state index is -1.18. The van der Waals surface area contributed by atoms with Gasteiger partial charge in [-0.25, -0.2) is 4.79 Å². The third-order valence-corrected chi connectivity index (χ3v) is 7.84. The van der Waals surface area contributed by atoms with E-state index in [1.165, 1.54) is 0 Å². The van der Waals surface area contributed by atoms with Gasteiger partial charge in [0.05, 0.1) is 18.2 Å². The molecule has 4 rings (SSSR count). The topological polar surface area (TPSA) is 128 Å². The van der Waals surface area contributed by atoms with E-state index in [9.17, 15) is 24.9 Å². The van der Waals surface area contributed by atoms with Gasteiger partial charge in [0.15, 0.2) is 0 Å². The van der Waals surface area contributed by atoms with Gasteiger partial charge in [0.2, 0.25) is 5.91 Å². The van der Waals surface area contributed by atoms with Crippen LogP contribution in [-0.4, -0.2) is 51.2 Å². The lowest BCUT2D eigenvalue weighted by Crippen LogP contribution is -2.48. The first kappa shape index (κ1) is 32.2. The number of aliphatic hydroxyl groups excluding tert-OH is 3. The molecule has 230 valence electrons. The number of hydrogen-bond acceptors (Lipinski definition) is 6. The van der Waals surface area contributed by atoms with E-state index >= 15 is 0 Å². The highest BCUT2D eigenvalue weighted by Gasteiger charge is 2.40. The third-order valence-electron chi connectivity index (χ3n) is 7.84. The Bertz CT molecular complexity index is 1330. The molecule has 0 bridgehead atoms. The van der Waals surface area contributed by atoms with Crippen molar-refractivity contribution in [3.63, 3.8) is 0 Å². The molecule has 2 amide bonds. The first-order valence-corrected chi connectivity index (χ1v) is 15.0. The van der Waals surface area contributed by atoms with Crippen LogP contribution in [-0.2, 0) is 22.4 Å². The number of aliphatic hydroxyl groups is 3. The van der Waals surface area contributed by atoms with E-state index in [0.29, 0.717) is 30.4 Å². The van der Waals surface area contributed by atoms with E-state index in [2.05, 4.69) is 10.6 Å². The number of hydrogen-bond donors (Lipinski definition) is 5. The Kier molecular flexibility index (Phi) is 11.0. The summed E-state index contributed by atoms with van der Waals surface area (Å²) >= 11 is 0. The largest absolute Gasteiger partial charge is 0.444 e. The maximum absolute atomic E-state index is 13.8. The molecule has 0 saturated heterocycles. The molecule has 8 heteroatoms. The number of rotatable bonds is 12. The van der Waals surface area contributed by atoms with Crippen molar-refractivity contribution in [3.05, 3.63) is 107 Å². The number of alkyl carbamates (subject to hydrolysis) is 1. The van der Waals surface area contributed by atoms with Crippen LogP contribution in [0.1, 0.15) is 74.4 Å². The van der Waals surface area contributed by atoms with Gasteiger partial charge in [0.25, 0.3) is 0 Å². The number of benzene rings is 3. The fourth-order valence-corrected chi connectivity index (χ4v) is 5.67. The predicted octanol–water partition coefficient (Wildman–Crippen LogP) is 4.78. The zero-order valence-electron chi connectivity index (χ0n) is 25.1. The summed E-state index contributed by atoms with van der Waals surface area (Å²) in [6.07, 6.45) is -1.62. The molecule has 3 aromatic carbocycles. The van der Waals surface area contributed by atoms with Crippen molar-refractivity contribution >= 4 is 12.0 Å². The number of carbonyl (C=O) groups excluding carboxylic acids is 2. The number of carbonyl (C=O) groups is 2. The quantitative estimate of drug-likeness (QED) is 0.207. The van der Waals surface area contributed by atoms with Crippen LogP contribution in [0.2, 0.25) is 0 Å². The van der Waals surface area contributed by atoms with Crippen LogP contribution in [0.5, 0.6) is 0 Å². The molecule has 0 aliphatic heterocycles. The van der Waals surface area contributed by atoms with Crippen molar-refractivity contribution in [2.24, 2.45) is 5.92 Å². The Labute approximate surface area is 254 Å². The molecule has 0 fully saturated rings. The summed E-state index contributed by atoms with van der Waals surface area (Å²) in [6, 6.07) is 25.2. The lowest BCUT2D eigenvalue weighted by Gasteiger charge is -2.30. The maximum atomic E-state index is 13.8. The van der Waals surface area contributed by atoms with E-state index < -0.39 is 48.0 Å². The van der Waals surface area contributed by atoms with E-state index in [1.807, 2.05) is 60.7 Å². The fraction of sp³-hybridized carbons (Fsp3) is 0.429. The monoisotopic (exact) mass is 588 g/mol. The molecule has 0 spiro atoms. The molecule has 6 atom stereocenters. The Morgan fingerprint density at radius 1 is 0.860 bits per heavy atom. The van der Waals surface area contributed by atoms with Crippen molar-refractivity contribution < 1.29 is 29.6 Å². The molecular weight excluding hydrogens is 544 g/mol. The lowest BCUT2D eigenvalue weighted by molar-refractivity contribution is -0.128. The van der Waals surface area contributed by atoms with Gasteiger partial charge in [-0.2, -0.15) is 0 Å². The number of nitrogens with one attached hydrogen (secondary N) is 2. The molecule has 1 aliphatic rings. The molecule has 43 heavy (non-hydrogen) atoms. The van der Waals surface area contributed by atoms with Gasteiger partial charge in [0.1, 0.15) is 17.8 Å². The zero-order valence-corrected chi connectivity index (χ0v) is 25.1. The highest BCUT2D eigenvalue weighted by atomic mass is 16.6. The summed E-state index contributed by atoms with van der Waals surface area (Å²) in [4.78, 5) is 26.6. The highest BCUT2D eigenvalue weighted by Crippen LogP contribution is 2.39. The van der Waals surface area contributed by atoms with Crippen LogP contribution in [0, 0.1) is 5.92 Å². The fourth-order valence-electron chi connectivity index (χ4n) is 5.67. The van der Waals surface area contributed by atoms with Crippen molar-refractivity contribution in [1.29, 1.82) is 0 Å². The van der Waals surface area contributed by atoms with Gasteiger partial charge in [-0.3, -0.25) is 4.79 Å². The summed E-state index contributed by atoms with van der Waals surface area (Å²) in [6.45, 7) is 5.32. The normalized spacial score (nSPS) is 20.0. The number of aryl methyl sites for hydroxylation is 1. The van der Waals surface area contributed by atoms with Gasteiger partial charge in [-0.05, 0) is 75.1 Å². The smallest absolute Gasteiger partial charge is 0.407 e. The van der Waals surface area contributed by atoms with Gasteiger partial charge >= 0.3 is 6.09 Å². The van der Waals surface area contributed by atoms with Crippen LogP contribution < -0.4 is 10.6 Å². The SMILES string of the molecule is CC(C)(C)OC(=O)N[C@@H](Cc1ccccc1)[C@@H](O)C[C@@H](CCCc1ccccc1)C(=O)N[C@H]1c2ccccc2[C@@H](O)[C@H]1O. The van der Waals surface area contributed by atoms with E-state index in [0.717, 1.165) is 17.5 Å². The van der Waals surface area contributed by atoms with Crippen LogP contribution in [0.25, 0.3) is 0 Å². The van der Waals surface area contributed by atoms with E-state index in [4.69, 9.17) is 4.74 Å². The highest BCUT2D eigenvalue weighted by molar-refractivity contribution is 5.79. The summed E-state index contributed by atoms with van der Waals surface area (Å²) in [5, 5.41) is 38.7. The molecule has 0 saturated carbocycles.